The van der Waals surface area contributed by atoms with Crippen LogP contribution < -0.4 is 5.73 Å². The molecule has 1 aromatic heterocycles. The Labute approximate surface area is 215 Å². The fourth-order valence-corrected chi connectivity index (χ4v) is 4.51. The van der Waals surface area contributed by atoms with Gasteiger partial charge >= 0.3 is 0 Å². The molecule has 2 N–H and O–H groups in total. The van der Waals surface area contributed by atoms with E-state index in [2.05, 4.69) is 91.6 Å². The second kappa shape index (κ2) is 12.5. The third-order valence-electron chi connectivity index (χ3n) is 6.37. The van der Waals surface area contributed by atoms with Crippen molar-refractivity contribution in [3.05, 3.63) is 96.3 Å². The Kier molecular flexibility index (Phi) is 9.39. The van der Waals surface area contributed by atoms with Crippen LogP contribution in [0.5, 0.6) is 0 Å². The van der Waals surface area contributed by atoms with E-state index in [1.807, 2.05) is 6.07 Å². The standard InChI is InChI=1S/C28H32ClN3.C2H5N/c1-5-6-7-21(3)31-14-16-32(17-15-31)22(4)24-12-13-25-26(29)19-27(30-28(25)18-24)23-10-8-20(2)9-11-23;1-2-3/h8-13,18-19H,3-7,14-17H2,1-2H3;2H,1,3H2. The van der Waals surface area contributed by atoms with E-state index >= 15 is 0 Å². The molecule has 1 aliphatic heterocycles. The minimum Gasteiger partial charge on any atom is -0.405 e. The van der Waals surface area contributed by atoms with Gasteiger partial charge in [0, 0.05) is 48.5 Å². The molecule has 1 fully saturated rings. The maximum absolute atomic E-state index is 6.62. The van der Waals surface area contributed by atoms with Crippen molar-refractivity contribution in [2.75, 3.05) is 26.2 Å². The molecule has 0 amide bonds. The summed E-state index contributed by atoms with van der Waals surface area (Å²) in [6.07, 6.45) is 4.77. The molecule has 4 nitrogen and oxygen atoms in total. The third-order valence-corrected chi connectivity index (χ3v) is 6.68. The lowest BCUT2D eigenvalue weighted by atomic mass is 10.0. The van der Waals surface area contributed by atoms with Crippen LogP contribution in [-0.2, 0) is 0 Å². The van der Waals surface area contributed by atoms with Crippen molar-refractivity contribution < 1.29 is 0 Å². The van der Waals surface area contributed by atoms with Gasteiger partial charge in [-0.25, -0.2) is 4.98 Å². The van der Waals surface area contributed by atoms with Crippen molar-refractivity contribution in [2.45, 2.75) is 33.1 Å². The first-order valence-electron chi connectivity index (χ1n) is 12.2. The van der Waals surface area contributed by atoms with Gasteiger partial charge in [-0.15, -0.1) is 0 Å². The van der Waals surface area contributed by atoms with E-state index in [1.165, 1.54) is 30.3 Å². The third kappa shape index (κ3) is 6.67. The highest BCUT2D eigenvalue weighted by Gasteiger charge is 2.20. The van der Waals surface area contributed by atoms with E-state index in [0.29, 0.717) is 0 Å². The Bertz CT molecular complexity index is 1170. The number of allylic oxidation sites excluding steroid dienone is 1. The van der Waals surface area contributed by atoms with Gasteiger partial charge in [-0.05, 0) is 43.7 Å². The number of hydrogen-bond acceptors (Lipinski definition) is 4. The zero-order valence-corrected chi connectivity index (χ0v) is 21.8. The molecule has 4 rings (SSSR count). The lowest BCUT2D eigenvalue weighted by Crippen LogP contribution is -2.44. The summed E-state index contributed by atoms with van der Waals surface area (Å²) in [5.74, 6) is 0. The quantitative estimate of drug-likeness (QED) is 0.380. The maximum Gasteiger partial charge on any atom is 0.0731 e. The van der Waals surface area contributed by atoms with Crippen LogP contribution in [-0.4, -0.2) is 41.0 Å². The lowest BCUT2D eigenvalue weighted by molar-refractivity contribution is 0.209. The number of nitrogens with zero attached hydrogens (tertiary/aromatic N) is 3. The number of aromatic nitrogens is 1. The molecule has 0 spiro atoms. The van der Waals surface area contributed by atoms with Crippen LogP contribution in [0.2, 0.25) is 5.02 Å². The Morgan fingerprint density at radius 3 is 2.29 bits per heavy atom. The van der Waals surface area contributed by atoms with Gasteiger partial charge in [0.1, 0.15) is 0 Å². The van der Waals surface area contributed by atoms with E-state index in [-0.39, 0.29) is 0 Å². The fraction of sp³-hybridized carbons (Fsp3) is 0.300. The smallest absolute Gasteiger partial charge is 0.0731 e. The zero-order valence-electron chi connectivity index (χ0n) is 21.1. The van der Waals surface area contributed by atoms with E-state index in [4.69, 9.17) is 16.6 Å². The number of rotatable bonds is 7. The van der Waals surface area contributed by atoms with Crippen molar-refractivity contribution >= 4 is 28.2 Å². The number of nitrogens with two attached hydrogens (primary N) is 1. The molecule has 35 heavy (non-hydrogen) atoms. The van der Waals surface area contributed by atoms with Gasteiger partial charge in [-0.1, -0.05) is 86.6 Å². The van der Waals surface area contributed by atoms with Gasteiger partial charge in [-0.2, -0.15) is 0 Å². The summed E-state index contributed by atoms with van der Waals surface area (Å²) < 4.78 is 0. The minimum absolute atomic E-state index is 0.724. The molecule has 0 bridgehead atoms. The minimum atomic E-state index is 0.724. The van der Waals surface area contributed by atoms with E-state index in [0.717, 1.165) is 71.0 Å². The van der Waals surface area contributed by atoms with Crippen LogP contribution in [0.25, 0.3) is 27.9 Å². The molecule has 5 heteroatoms. The summed E-state index contributed by atoms with van der Waals surface area (Å²) in [5.41, 5.74) is 12.1. The summed E-state index contributed by atoms with van der Waals surface area (Å²) in [5, 5.41) is 1.69. The van der Waals surface area contributed by atoms with Crippen molar-refractivity contribution in [2.24, 2.45) is 5.73 Å². The van der Waals surface area contributed by atoms with Gasteiger partial charge < -0.3 is 15.5 Å². The first-order chi connectivity index (χ1) is 16.9. The molecule has 3 aromatic rings. The van der Waals surface area contributed by atoms with Gasteiger partial charge in [0.05, 0.1) is 16.2 Å². The molecule has 0 saturated carbocycles. The van der Waals surface area contributed by atoms with Gasteiger partial charge in [0.2, 0.25) is 0 Å². The highest BCUT2D eigenvalue weighted by atomic mass is 35.5. The van der Waals surface area contributed by atoms with E-state index < -0.39 is 0 Å². The Hall–Kier alpha value is -3.24. The number of unbranched alkanes of at least 4 members (excludes halogenated alkanes) is 1. The predicted octanol–water partition coefficient (Wildman–Crippen LogP) is 7.24. The zero-order chi connectivity index (χ0) is 25.4. The van der Waals surface area contributed by atoms with Crippen molar-refractivity contribution in [1.82, 2.24) is 14.8 Å². The average Bonchev–Trinajstić information content (AvgIpc) is 2.87. The maximum atomic E-state index is 6.62. The summed E-state index contributed by atoms with van der Waals surface area (Å²) in [4.78, 5) is 9.72. The first kappa shape index (κ1) is 26.4. The van der Waals surface area contributed by atoms with Gasteiger partial charge in [0.25, 0.3) is 0 Å². The number of halogens is 1. The van der Waals surface area contributed by atoms with Crippen molar-refractivity contribution in [3.63, 3.8) is 0 Å². The van der Waals surface area contributed by atoms with Crippen LogP contribution in [0.15, 0.2) is 80.2 Å². The van der Waals surface area contributed by atoms with Crippen LogP contribution in [0.3, 0.4) is 0 Å². The molecule has 184 valence electrons. The summed E-state index contributed by atoms with van der Waals surface area (Å²) in [7, 11) is 0. The molecule has 2 aromatic carbocycles. The summed E-state index contributed by atoms with van der Waals surface area (Å²) in [6, 6.07) is 16.6. The van der Waals surface area contributed by atoms with Crippen molar-refractivity contribution in [3.8, 4) is 11.3 Å². The number of hydrogen-bond donors (Lipinski definition) is 1. The lowest BCUT2D eigenvalue weighted by Gasteiger charge is -2.39. The second-order valence-electron chi connectivity index (χ2n) is 8.91. The monoisotopic (exact) mass is 488 g/mol. The van der Waals surface area contributed by atoms with Crippen LogP contribution >= 0.6 is 11.6 Å². The number of aryl methyl sites for hydroxylation is 1. The topological polar surface area (TPSA) is 45.4 Å². The van der Waals surface area contributed by atoms with E-state index in [1.54, 1.807) is 0 Å². The second-order valence-corrected chi connectivity index (χ2v) is 9.32. The van der Waals surface area contributed by atoms with E-state index in [9.17, 15) is 0 Å². The fourth-order valence-electron chi connectivity index (χ4n) is 4.25. The molecular formula is C30H37ClN4. The number of pyridine rings is 1. The van der Waals surface area contributed by atoms with Crippen LogP contribution in [0, 0.1) is 6.92 Å². The highest BCUT2D eigenvalue weighted by Crippen LogP contribution is 2.31. The molecule has 1 aliphatic rings. The average molecular weight is 489 g/mol. The molecule has 0 aliphatic carbocycles. The number of piperazine rings is 1. The van der Waals surface area contributed by atoms with Crippen molar-refractivity contribution in [1.29, 1.82) is 0 Å². The van der Waals surface area contributed by atoms with Crippen LogP contribution in [0.4, 0.5) is 0 Å². The molecule has 0 radical (unpaired) electrons. The first-order valence-corrected chi connectivity index (χ1v) is 12.6. The van der Waals surface area contributed by atoms with Gasteiger partial charge in [-0.3, -0.25) is 0 Å². The Morgan fingerprint density at radius 1 is 1.03 bits per heavy atom. The Morgan fingerprint density at radius 2 is 1.66 bits per heavy atom. The largest absolute Gasteiger partial charge is 0.405 e. The molecule has 0 atom stereocenters. The highest BCUT2D eigenvalue weighted by molar-refractivity contribution is 6.35. The van der Waals surface area contributed by atoms with Crippen LogP contribution in [0.1, 0.15) is 37.3 Å². The summed E-state index contributed by atoms with van der Waals surface area (Å²) >= 11 is 6.62. The molecule has 2 heterocycles. The van der Waals surface area contributed by atoms with Gasteiger partial charge in [0.15, 0.2) is 0 Å². The normalized spacial score (nSPS) is 13.2. The SMILES string of the molecule is C=C(CCCC)N1CCN(C(=C)c2ccc3c(Cl)cc(-c4ccc(C)cc4)nc3c2)CC1.C=CN. The predicted molar refractivity (Wildman–Crippen MR) is 152 cm³/mol. The summed E-state index contributed by atoms with van der Waals surface area (Å²) in [6.45, 7) is 20.1. The number of fused-ring (bicyclic) bond motifs is 1. The molecule has 0 unspecified atom stereocenters. The Balaban J connectivity index is 0.00000108. The number of benzene rings is 2. The molecule has 1 saturated heterocycles. The molecular weight excluding hydrogens is 452 g/mol.